The normalized spacial score (nSPS) is 15.2. The van der Waals surface area contributed by atoms with Gasteiger partial charge in [-0.3, -0.25) is 0 Å². The molecule has 5 heteroatoms. The Hall–Kier alpha value is -0.970. The number of carbonyl (C=O) groups excluding carboxylic acids is 1. The largest absolute Gasteiger partial charge is 0.515 e. The summed E-state index contributed by atoms with van der Waals surface area (Å²) in [5, 5.41) is 0. The highest BCUT2D eigenvalue weighted by molar-refractivity contribution is 8.12. The first-order chi connectivity index (χ1) is 5.83. The Morgan fingerprint density at radius 3 is 3.25 bits per heavy atom. The quantitative estimate of drug-likeness (QED) is 0.618. The number of nitrogens with zero attached hydrogens (tertiary/aromatic N) is 1. The number of hydrogen-bond acceptors (Lipinski definition) is 5. The Kier molecular flexibility index (Phi) is 3.66. The van der Waals surface area contributed by atoms with E-state index in [1.807, 2.05) is 0 Å². The summed E-state index contributed by atoms with van der Waals surface area (Å²) in [5.74, 6) is 1.09. The summed E-state index contributed by atoms with van der Waals surface area (Å²) < 4.78 is 9.28. The van der Waals surface area contributed by atoms with Crippen molar-refractivity contribution in [2.75, 3.05) is 12.4 Å². The lowest BCUT2D eigenvalue weighted by atomic mass is 10.6. The van der Waals surface area contributed by atoms with Gasteiger partial charge >= 0.3 is 6.16 Å². The smallest absolute Gasteiger partial charge is 0.434 e. The van der Waals surface area contributed by atoms with Crippen LogP contribution in [0.4, 0.5) is 4.79 Å². The van der Waals surface area contributed by atoms with Crippen molar-refractivity contribution in [3.63, 3.8) is 0 Å². The number of aliphatic imine (C=N–C) groups is 1. The minimum atomic E-state index is -0.701. The molecule has 0 saturated heterocycles. The first-order valence-electron chi connectivity index (χ1n) is 3.52. The molecule has 0 radical (unpaired) electrons. The van der Waals surface area contributed by atoms with Gasteiger partial charge in [-0.2, -0.15) is 0 Å². The molecule has 0 atom stereocenters. The highest BCUT2D eigenvalue weighted by atomic mass is 32.2. The van der Waals surface area contributed by atoms with E-state index in [-0.39, 0.29) is 0 Å². The third kappa shape index (κ3) is 2.96. The first-order valence-corrected chi connectivity index (χ1v) is 4.56. The van der Waals surface area contributed by atoms with Crippen LogP contribution < -0.4 is 0 Å². The minimum Gasteiger partial charge on any atom is -0.434 e. The zero-order chi connectivity index (χ0) is 8.81. The highest BCUT2D eigenvalue weighted by Gasteiger charge is 2.07. The minimum absolute atomic E-state index is 0.310. The SMILES string of the molecule is CCOC(=O)OC1=CCSC=N1. The fraction of sp³-hybridized carbons (Fsp3) is 0.429. The Bertz CT molecular complexity index is 225. The number of hydrogen-bond donors (Lipinski definition) is 0. The van der Waals surface area contributed by atoms with Gasteiger partial charge in [-0.25, -0.2) is 9.79 Å². The van der Waals surface area contributed by atoms with Gasteiger partial charge in [0, 0.05) is 5.75 Å². The summed E-state index contributed by atoms with van der Waals surface area (Å²) in [6.07, 6.45) is 1.02. The molecule has 0 aliphatic carbocycles. The molecule has 0 aromatic carbocycles. The number of rotatable bonds is 2. The molecule has 0 fully saturated rings. The van der Waals surface area contributed by atoms with E-state index in [2.05, 4.69) is 9.73 Å². The number of thioether (sulfide) groups is 1. The van der Waals surface area contributed by atoms with Crippen molar-refractivity contribution in [2.45, 2.75) is 6.92 Å². The molecule has 0 unspecified atom stereocenters. The summed E-state index contributed by atoms with van der Waals surface area (Å²) in [6.45, 7) is 2.03. The molecule has 0 saturated carbocycles. The molecule has 1 heterocycles. The molecule has 0 N–H and O–H groups in total. The molecule has 12 heavy (non-hydrogen) atoms. The van der Waals surface area contributed by atoms with Crippen LogP contribution in [-0.2, 0) is 9.47 Å². The van der Waals surface area contributed by atoms with Gasteiger partial charge in [0.15, 0.2) is 0 Å². The van der Waals surface area contributed by atoms with E-state index < -0.39 is 6.16 Å². The summed E-state index contributed by atoms with van der Waals surface area (Å²) in [6, 6.07) is 0. The van der Waals surface area contributed by atoms with Crippen LogP contribution in [0.1, 0.15) is 6.92 Å². The Balaban J connectivity index is 2.35. The van der Waals surface area contributed by atoms with Crippen LogP contribution in [0.5, 0.6) is 0 Å². The third-order valence-corrected chi connectivity index (χ3v) is 1.67. The predicted molar refractivity (Wildman–Crippen MR) is 47.1 cm³/mol. The average Bonchev–Trinajstić information content (AvgIpc) is 2.06. The zero-order valence-corrected chi connectivity index (χ0v) is 7.47. The third-order valence-electron chi connectivity index (χ3n) is 1.06. The maximum Gasteiger partial charge on any atom is 0.515 e. The van der Waals surface area contributed by atoms with Crippen molar-refractivity contribution in [1.82, 2.24) is 0 Å². The van der Waals surface area contributed by atoms with Crippen molar-refractivity contribution in [3.05, 3.63) is 12.0 Å². The van der Waals surface area contributed by atoms with Crippen LogP contribution >= 0.6 is 11.8 Å². The molecule has 0 amide bonds. The van der Waals surface area contributed by atoms with Gasteiger partial charge in [0.1, 0.15) is 0 Å². The van der Waals surface area contributed by atoms with E-state index in [1.54, 1.807) is 18.5 Å². The van der Waals surface area contributed by atoms with Crippen molar-refractivity contribution in [2.24, 2.45) is 4.99 Å². The molecule has 1 rings (SSSR count). The van der Waals surface area contributed by atoms with Crippen molar-refractivity contribution >= 4 is 23.5 Å². The van der Waals surface area contributed by atoms with Crippen LogP contribution in [-0.4, -0.2) is 24.1 Å². The van der Waals surface area contributed by atoms with E-state index in [0.29, 0.717) is 12.5 Å². The lowest BCUT2D eigenvalue weighted by Crippen LogP contribution is -2.07. The molecular weight excluding hydrogens is 178 g/mol. The lowest BCUT2D eigenvalue weighted by Gasteiger charge is -2.05. The summed E-state index contributed by atoms with van der Waals surface area (Å²) in [5.41, 5.74) is 1.63. The Morgan fingerprint density at radius 1 is 1.83 bits per heavy atom. The molecule has 0 aromatic rings. The second kappa shape index (κ2) is 4.82. The predicted octanol–water partition coefficient (Wildman–Crippen LogP) is 1.78. The van der Waals surface area contributed by atoms with Gasteiger partial charge in [0.25, 0.3) is 0 Å². The molecular formula is C7H9NO3S. The van der Waals surface area contributed by atoms with Gasteiger partial charge in [-0.15, -0.1) is 11.8 Å². The van der Waals surface area contributed by atoms with E-state index in [4.69, 9.17) is 4.74 Å². The number of carbonyl (C=O) groups is 1. The standard InChI is InChI=1S/C7H9NO3S/c1-2-10-7(9)11-6-3-4-12-5-8-6/h3,5H,2,4H2,1H3. The Morgan fingerprint density at radius 2 is 2.67 bits per heavy atom. The molecule has 4 nitrogen and oxygen atoms in total. The van der Waals surface area contributed by atoms with Gasteiger partial charge in [-0.05, 0) is 13.0 Å². The molecule has 1 aliphatic heterocycles. The van der Waals surface area contributed by atoms with Crippen LogP contribution in [0.15, 0.2) is 17.0 Å². The molecule has 0 aromatic heterocycles. The molecule has 0 spiro atoms. The average molecular weight is 187 g/mol. The summed E-state index contributed by atoms with van der Waals surface area (Å²) in [7, 11) is 0. The fourth-order valence-electron chi connectivity index (χ4n) is 0.605. The number of ether oxygens (including phenoxy) is 2. The van der Waals surface area contributed by atoms with E-state index >= 15 is 0 Å². The first kappa shape index (κ1) is 9.12. The monoisotopic (exact) mass is 187 g/mol. The summed E-state index contributed by atoms with van der Waals surface area (Å²) in [4.78, 5) is 14.6. The van der Waals surface area contributed by atoms with Gasteiger partial charge in [0.05, 0.1) is 12.2 Å². The molecule has 1 aliphatic rings. The topological polar surface area (TPSA) is 47.9 Å². The molecule has 0 bridgehead atoms. The van der Waals surface area contributed by atoms with Crippen LogP contribution in [0, 0.1) is 0 Å². The van der Waals surface area contributed by atoms with Crippen LogP contribution in [0.2, 0.25) is 0 Å². The van der Waals surface area contributed by atoms with Crippen molar-refractivity contribution < 1.29 is 14.3 Å². The van der Waals surface area contributed by atoms with Gasteiger partial charge < -0.3 is 9.47 Å². The van der Waals surface area contributed by atoms with E-state index in [1.165, 1.54) is 11.8 Å². The maximum absolute atomic E-state index is 10.7. The van der Waals surface area contributed by atoms with Gasteiger partial charge in [0.2, 0.25) is 5.88 Å². The van der Waals surface area contributed by atoms with Crippen molar-refractivity contribution in [3.8, 4) is 0 Å². The fourth-order valence-corrected chi connectivity index (χ4v) is 1.11. The summed E-state index contributed by atoms with van der Waals surface area (Å²) >= 11 is 1.54. The van der Waals surface area contributed by atoms with Crippen molar-refractivity contribution in [1.29, 1.82) is 0 Å². The zero-order valence-electron chi connectivity index (χ0n) is 6.65. The Labute approximate surface area is 74.6 Å². The van der Waals surface area contributed by atoms with E-state index in [0.717, 1.165) is 5.75 Å². The van der Waals surface area contributed by atoms with Crippen LogP contribution in [0.3, 0.4) is 0 Å². The van der Waals surface area contributed by atoms with E-state index in [9.17, 15) is 4.79 Å². The highest BCUT2D eigenvalue weighted by Crippen LogP contribution is 2.10. The lowest BCUT2D eigenvalue weighted by molar-refractivity contribution is 0.0810. The maximum atomic E-state index is 10.7. The molecule has 66 valence electrons. The van der Waals surface area contributed by atoms with Gasteiger partial charge in [-0.1, -0.05) is 0 Å². The second-order valence-corrected chi connectivity index (χ2v) is 2.77. The second-order valence-electron chi connectivity index (χ2n) is 1.90. The van der Waals surface area contributed by atoms with Crippen LogP contribution in [0.25, 0.3) is 0 Å².